The van der Waals surface area contributed by atoms with Gasteiger partial charge in [-0.2, -0.15) is 0 Å². The van der Waals surface area contributed by atoms with E-state index in [1.807, 2.05) is 0 Å². The summed E-state index contributed by atoms with van der Waals surface area (Å²) < 4.78 is 5.10. The number of carbonyl (C=O) groups is 1. The summed E-state index contributed by atoms with van der Waals surface area (Å²) in [4.78, 5) is 15.8. The lowest BCUT2D eigenvalue weighted by Gasteiger charge is -2.26. The molecule has 116 valence electrons. The summed E-state index contributed by atoms with van der Waals surface area (Å²) in [5.41, 5.74) is 2.03. The first-order valence-corrected chi connectivity index (χ1v) is 8.32. The summed E-state index contributed by atoms with van der Waals surface area (Å²) >= 11 is 7.86. The molecule has 1 aliphatic heterocycles. The van der Waals surface area contributed by atoms with Crippen molar-refractivity contribution in [2.45, 2.75) is 13.0 Å². The Morgan fingerprint density at radius 2 is 2.32 bits per heavy atom. The first kappa shape index (κ1) is 15.3. The number of methoxy groups -OCH3 is 1. The fraction of sp³-hybridized carbons (Fsp3) is 0.312. The Balaban J connectivity index is 1.58. The van der Waals surface area contributed by atoms with Gasteiger partial charge in [-0.3, -0.25) is 9.69 Å². The number of ether oxygens (including phenoxy) is 1. The Hall–Kier alpha value is -1.56. The summed E-state index contributed by atoms with van der Waals surface area (Å²) in [6.07, 6.45) is 1.02. The number of anilines is 1. The number of hydrogen-bond acceptors (Lipinski definition) is 4. The molecule has 0 bridgehead atoms. The Kier molecular flexibility index (Phi) is 4.66. The second-order valence-electron chi connectivity index (χ2n) is 5.23. The van der Waals surface area contributed by atoms with Gasteiger partial charge in [-0.1, -0.05) is 11.6 Å². The largest absolute Gasteiger partial charge is 0.495 e. The van der Waals surface area contributed by atoms with Crippen LogP contribution in [0.3, 0.4) is 0 Å². The van der Waals surface area contributed by atoms with Gasteiger partial charge < -0.3 is 10.1 Å². The molecular weight excluding hydrogens is 320 g/mol. The number of rotatable bonds is 4. The minimum atomic E-state index is -0.0279. The van der Waals surface area contributed by atoms with Crippen LogP contribution in [-0.4, -0.2) is 31.0 Å². The van der Waals surface area contributed by atoms with Crippen molar-refractivity contribution in [2.75, 3.05) is 25.5 Å². The summed E-state index contributed by atoms with van der Waals surface area (Å²) in [6.45, 7) is 2.15. The normalized spacial score (nSPS) is 14.5. The number of fused-ring (bicyclic) bond motifs is 1. The summed E-state index contributed by atoms with van der Waals surface area (Å²) in [5, 5.41) is 5.49. The number of amides is 1. The van der Waals surface area contributed by atoms with Crippen LogP contribution in [0.1, 0.15) is 10.4 Å². The standard InChI is InChI=1S/C16H17ClN2O2S/c1-21-14-3-2-12(8-13(14)17)18-16(20)10-19-6-4-15-11(9-19)5-7-22-15/h2-3,5,7-8H,4,6,9-10H2,1H3,(H,18,20). The van der Waals surface area contributed by atoms with Crippen molar-refractivity contribution in [1.82, 2.24) is 4.90 Å². The van der Waals surface area contributed by atoms with Crippen molar-refractivity contribution in [3.05, 3.63) is 45.1 Å². The van der Waals surface area contributed by atoms with Crippen LogP contribution < -0.4 is 10.1 Å². The van der Waals surface area contributed by atoms with Crippen LogP contribution in [0.5, 0.6) is 5.75 Å². The van der Waals surface area contributed by atoms with E-state index in [0.717, 1.165) is 19.5 Å². The van der Waals surface area contributed by atoms with Gasteiger partial charge in [0.05, 0.1) is 18.7 Å². The van der Waals surface area contributed by atoms with Crippen molar-refractivity contribution in [1.29, 1.82) is 0 Å². The quantitative estimate of drug-likeness (QED) is 0.930. The van der Waals surface area contributed by atoms with Crippen LogP contribution in [0.25, 0.3) is 0 Å². The molecule has 2 aromatic rings. The topological polar surface area (TPSA) is 41.6 Å². The van der Waals surface area contributed by atoms with Gasteiger partial charge in [0, 0.05) is 23.7 Å². The minimum Gasteiger partial charge on any atom is -0.495 e. The van der Waals surface area contributed by atoms with Crippen LogP contribution >= 0.6 is 22.9 Å². The Labute approximate surface area is 138 Å². The van der Waals surface area contributed by atoms with E-state index in [1.165, 1.54) is 10.4 Å². The fourth-order valence-corrected chi connectivity index (χ4v) is 3.74. The fourth-order valence-electron chi connectivity index (χ4n) is 2.59. The number of thiophene rings is 1. The number of hydrogen-bond donors (Lipinski definition) is 1. The molecule has 0 spiro atoms. The third kappa shape index (κ3) is 3.43. The van der Waals surface area contributed by atoms with Gasteiger partial charge >= 0.3 is 0 Å². The van der Waals surface area contributed by atoms with E-state index in [2.05, 4.69) is 21.7 Å². The van der Waals surface area contributed by atoms with Crippen LogP contribution in [0.2, 0.25) is 5.02 Å². The average Bonchev–Trinajstić information content (AvgIpc) is 2.95. The Morgan fingerprint density at radius 3 is 3.09 bits per heavy atom. The predicted molar refractivity (Wildman–Crippen MR) is 89.9 cm³/mol. The van der Waals surface area contributed by atoms with Gasteiger partial charge in [0.25, 0.3) is 0 Å². The van der Waals surface area contributed by atoms with Gasteiger partial charge in [0.15, 0.2) is 0 Å². The van der Waals surface area contributed by atoms with Crippen molar-refractivity contribution in [2.24, 2.45) is 0 Å². The molecule has 2 heterocycles. The SMILES string of the molecule is COc1ccc(NC(=O)CN2CCc3sccc3C2)cc1Cl. The van der Waals surface area contributed by atoms with E-state index in [1.54, 1.807) is 36.6 Å². The zero-order valence-electron chi connectivity index (χ0n) is 12.3. The molecule has 22 heavy (non-hydrogen) atoms. The summed E-state index contributed by atoms with van der Waals surface area (Å²) in [5.74, 6) is 0.570. The van der Waals surface area contributed by atoms with Crippen molar-refractivity contribution >= 4 is 34.5 Å². The highest BCUT2D eigenvalue weighted by Crippen LogP contribution is 2.27. The van der Waals surface area contributed by atoms with Crippen molar-refractivity contribution in [3.63, 3.8) is 0 Å². The first-order valence-electron chi connectivity index (χ1n) is 7.06. The number of benzene rings is 1. The molecule has 1 aromatic heterocycles. The van der Waals surface area contributed by atoms with E-state index in [-0.39, 0.29) is 5.91 Å². The number of halogens is 1. The lowest BCUT2D eigenvalue weighted by molar-refractivity contribution is -0.117. The van der Waals surface area contributed by atoms with Gasteiger partial charge in [-0.25, -0.2) is 0 Å². The Bertz CT molecular complexity index is 687. The van der Waals surface area contributed by atoms with Gasteiger partial charge in [0.2, 0.25) is 5.91 Å². The summed E-state index contributed by atoms with van der Waals surface area (Å²) in [7, 11) is 1.56. The molecule has 0 radical (unpaired) electrons. The molecule has 4 nitrogen and oxygen atoms in total. The molecule has 0 saturated heterocycles. The van der Waals surface area contributed by atoms with Gasteiger partial charge in [0.1, 0.15) is 5.75 Å². The second-order valence-corrected chi connectivity index (χ2v) is 6.64. The second kappa shape index (κ2) is 6.69. The van der Waals surface area contributed by atoms with E-state index in [9.17, 15) is 4.79 Å². The van der Waals surface area contributed by atoms with E-state index in [4.69, 9.17) is 16.3 Å². The zero-order chi connectivity index (χ0) is 15.5. The molecule has 0 aliphatic carbocycles. The molecule has 1 N–H and O–H groups in total. The van der Waals surface area contributed by atoms with Crippen molar-refractivity contribution in [3.8, 4) is 5.75 Å². The third-order valence-electron chi connectivity index (χ3n) is 3.69. The highest BCUT2D eigenvalue weighted by atomic mass is 35.5. The lowest BCUT2D eigenvalue weighted by Crippen LogP contribution is -2.36. The maximum absolute atomic E-state index is 12.2. The molecule has 6 heteroatoms. The van der Waals surface area contributed by atoms with Crippen LogP contribution in [0.15, 0.2) is 29.6 Å². The molecule has 1 aliphatic rings. The predicted octanol–water partition coefficient (Wildman–Crippen LogP) is 3.41. The zero-order valence-corrected chi connectivity index (χ0v) is 13.8. The smallest absolute Gasteiger partial charge is 0.238 e. The molecule has 1 aromatic carbocycles. The average molecular weight is 337 g/mol. The highest BCUT2D eigenvalue weighted by Gasteiger charge is 2.19. The maximum Gasteiger partial charge on any atom is 0.238 e. The van der Waals surface area contributed by atoms with Gasteiger partial charge in [-0.15, -0.1) is 11.3 Å². The van der Waals surface area contributed by atoms with Crippen LogP contribution in [-0.2, 0) is 17.8 Å². The van der Waals surface area contributed by atoms with Gasteiger partial charge in [-0.05, 0) is 41.6 Å². The molecule has 3 rings (SSSR count). The molecule has 0 saturated carbocycles. The molecule has 0 fully saturated rings. The van der Waals surface area contributed by atoms with Crippen LogP contribution in [0.4, 0.5) is 5.69 Å². The number of nitrogens with one attached hydrogen (secondary N) is 1. The van der Waals surface area contributed by atoms with E-state index < -0.39 is 0 Å². The number of nitrogens with zero attached hydrogens (tertiary/aromatic N) is 1. The van der Waals surface area contributed by atoms with Crippen LogP contribution in [0, 0.1) is 0 Å². The number of carbonyl (C=O) groups excluding carboxylic acids is 1. The first-order chi connectivity index (χ1) is 10.7. The molecule has 1 amide bonds. The highest BCUT2D eigenvalue weighted by molar-refractivity contribution is 7.10. The minimum absolute atomic E-state index is 0.0279. The Morgan fingerprint density at radius 1 is 1.45 bits per heavy atom. The third-order valence-corrected chi connectivity index (χ3v) is 5.01. The van der Waals surface area contributed by atoms with Crippen molar-refractivity contribution < 1.29 is 9.53 Å². The maximum atomic E-state index is 12.2. The molecule has 0 unspecified atom stereocenters. The molecular formula is C16H17ClN2O2S. The van der Waals surface area contributed by atoms with E-state index >= 15 is 0 Å². The molecule has 0 atom stereocenters. The summed E-state index contributed by atoms with van der Waals surface area (Å²) in [6, 6.07) is 7.38. The monoisotopic (exact) mass is 336 g/mol. The lowest BCUT2D eigenvalue weighted by atomic mass is 10.1. The van der Waals surface area contributed by atoms with E-state index in [0.29, 0.717) is 23.0 Å².